The van der Waals surface area contributed by atoms with E-state index in [-0.39, 0.29) is 11.1 Å². The van der Waals surface area contributed by atoms with Gasteiger partial charge in [0.1, 0.15) is 0 Å². The number of halogens is 4. The number of allylic oxidation sites excluding steroid dienone is 2. The van der Waals surface area contributed by atoms with Gasteiger partial charge in [-0.05, 0) is 55.5 Å². The highest BCUT2D eigenvalue weighted by atomic mass is 31.1. The standard InChI is InChI=1S/C22H23F4O3P/c1-15-9-11-19(12-10-15)17(3)13-21(23,24)28-30(27)29-22(25,26)14-18(4)20-8-6-5-7-16(20)2/h5-14,30H,1-4H3. The van der Waals surface area contributed by atoms with Crippen LogP contribution in [0, 0.1) is 13.8 Å². The molecule has 1 atom stereocenters. The Morgan fingerprint density at radius 2 is 1.33 bits per heavy atom. The molecule has 162 valence electrons. The average Bonchev–Trinajstić information content (AvgIpc) is 2.60. The van der Waals surface area contributed by atoms with Crippen molar-refractivity contribution in [1.82, 2.24) is 0 Å². The summed E-state index contributed by atoms with van der Waals surface area (Å²) in [5, 5.41) is 0. The van der Waals surface area contributed by atoms with Crippen LogP contribution in [0.25, 0.3) is 11.1 Å². The lowest BCUT2D eigenvalue weighted by Crippen LogP contribution is -2.19. The van der Waals surface area contributed by atoms with Gasteiger partial charge < -0.3 is 0 Å². The first-order valence-electron chi connectivity index (χ1n) is 9.08. The second-order valence-electron chi connectivity index (χ2n) is 6.91. The summed E-state index contributed by atoms with van der Waals surface area (Å²) in [7, 11) is -4.21. The Balaban J connectivity index is 2.08. The molecule has 0 fully saturated rings. The zero-order valence-electron chi connectivity index (χ0n) is 17.0. The molecule has 0 aromatic heterocycles. The van der Waals surface area contributed by atoms with Crippen LogP contribution in [0.4, 0.5) is 17.6 Å². The van der Waals surface area contributed by atoms with E-state index in [2.05, 4.69) is 9.05 Å². The van der Waals surface area contributed by atoms with E-state index >= 15 is 0 Å². The third-order valence-electron chi connectivity index (χ3n) is 4.28. The van der Waals surface area contributed by atoms with Crippen LogP contribution in [0.1, 0.15) is 36.1 Å². The fourth-order valence-corrected chi connectivity index (χ4v) is 3.40. The zero-order valence-corrected chi connectivity index (χ0v) is 18.0. The lowest BCUT2D eigenvalue weighted by Gasteiger charge is -2.18. The maximum Gasteiger partial charge on any atom is 0.383 e. The summed E-state index contributed by atoms with van der Waals surface area (Å²) in [4.78, 5) is 0. The van der Waals surface area contributed by atoms with Crippen LogP contribution in [0.15, 0.2) is 60.7 Å². The molecule has 0 aliphatic rings. The molecule has 2 rings (SSSR count). The van der Waals surface area contributed by atoms with E-state index in [4.69, 9.17) is 0 Å². The van der Waals surface area contributed by atoms with Crippen molar-refractivity contribution in [2.45, 2.75) is 39.9 Å². The number of rotatable bonds is 8. The maximum atomic E-state index is 14.1. The first kappa shape index (κ1) is 24.1. The second kappa shape index (κ2) is 9.73. The molecule has 2 aromatic carbocycles. The van der Waals surface area contributed by atoms with E-state index in [9.17, 15) is 22.1 Å². The van der Waals surface area contributed by atoms with Gasteiger partial charge in [-0.1, -0.05) is 54.1 Å². The highest BCUT2D eigenvalue weighted by Gasteiger charge is 2.36. The molecule has 0 radical (unpaired) electrons. The van der Waals surface area contributed by atoms with Gasteiger partial charge in [-0.2, -0.15) is 17.6 Å². The normalized spacial score (nSPS) is 14.7. The van der Waals surface area contributed by atoms with Crippen molar-refractivity contribution < 1.29 is 31.2 Å². The average molecular weight is 442 g/mol. The summed E-state index contributed by atoms with van der Waals surface area (Å²) in [5.74, 6) is 0. The van der Waals surface area contributed by atoms with E-state index in [0.29, 0.717) is 23.3 Å². The third-order valence-corrected chi connectivity index (χ3v) is 5.16. The van der Waals surface area contributed by atoms with Gasteiger partial charge in [0.2, 0.25) is 0 Å². The predicted octanol–water partition coefficient (Wildman–Crippen LogP) is 7.42. The summed E-state index contributed by atoms with van der Waals surface area (Å²) >= 11 is 0. The summed E-state index contributed by atoms with van der Waals surface area (Å²) < 4.78 is 76.0. The first-order valence-corrected chi connectivity index (χ1v) is 10.3. The molecule has 0 bridgehead atoms. The Morgan fingerprint density at radius 1 is 0.833 bits per heavy atom. The van der Waals surface area contributed by atoms with E-state index in [1.165, 1.54) is 13.8 Å². The molecule has 30 heavy (non-hydrogen) atoms. The summed E-state index contributed by atoms with van der Waals surface area (Å²) in [6.07, 6.45) is -7.26. The molecule has 0 saturated carbocycles. The number of aryl methyl sites for hydroxylation is 2. The van der Waals surface area contributed by atoms with Crippen molar-refractivity contribution in [3.8, 4) is 0 Å². The molecular formula is C22H23F4O3P. The van der Waals surface area contributed by atoms with Gasteiger partial charge in [0, 0.05) is 12.2 Å². The minimum Gasteiger partial charge on any atom is -0.263 e. The minimum absolute atomic E-state index is 0.136. The Bertz CT molecular complexity index is 967. The Hall–Kier alpha value is -2.21. The first-order chi connectivity index (χ1) is 13.9. The van der Waals surface area contributed by atoms with Crippen molar-refractivity contribution in [3.05, 3.63) is 82.9 Å². The monoisotopic (exact) mass is 442 g/mol. The van der Waals surface area contributed by atoms with E-state index in [1.807, 2.05) is 6.92 Å². The molecule has 0 saturated heterocycles. The highest BCUT2D eigenvalue weighted by Crippen LogP contribution is 2.41. The SMILES string of the molecule is CC(=CC(F)(F)O[PH](=O)OC(F)(F)C=C(C)c1ccccc1C)c1ccc(C)cc1. The maximum absolute atomic E-state index is 14.1. The number of benzene rings is 2. The number of alkyl halides is 4. The quantitative estimate of drug-likeness (QED) is 0.315. The lowest BCUT2D eigenvalue weighted by atomic mass is 10.0. The van der Waals surface area contributed by atoms with Gasteiger partial charge in [-0.3, -0.25) is 4.57 Å². The van der Waals surface area contributed by atoms with Crippen LogP contribution in [0.2, 0.25) is 0 Å². The van der Waals surface area contributed by atoms with Gasteiger partial charge >= 0.3 is 20.5 Å². The van der Waals surface area contributed by atoms with Crippen LogP contribution < -0.4 is 0 Å². The molecule has 8 heteroatoms. The Labute approximate surface area is 174 Å². The third kappa shape index (κ3) is 7.24. The molecule has 0 amide bonds. The molecule has 0 spiro atoms. The Morgan fingerprint density at radius 3 is 1.87 bits per heavy atom. The summed E-state index contributed by atoms with van der Waals surface area (Å²) in [6, 6.07) is 13.5. The summed E-state index contributed by atoms with van der Waals surface area (Å²) in [5.41, 5.74) is 3.00. The molecule has 0 aliphatic carbocycles. The van der Waals surface area contributed by atoms with E-state index < -0.39 is 20.5 Å². The zero-order chi connectivity index (χ0) is 22.5. The topological polar surface area (TPSA) is 35.5 Å². The largest absolute Gasteiger partial charge is 0.383 e. The van der Waals surface area contributed by atoms with E-state index in [1.54, 1.807) is 55.5 Å². The van der Waals surface area contributed by atoms with Gasteiger partial charge in [-0.25, -0.2) is 9.05 Å². The molecule has 0 N–H and O–H groups in total. The van der Waals surface area contributed by atoms with Crippen molar-refractivity contribution in [2.75, 3.05) is 0 Å². The molecule has 3 nitrogen and oxygen atoms in total. The lowest BCUT2D eigenvalue weighted by molar-refractivity contribution is -0.167. The highest BCUT2D eigenvalue weighted by molar-refractivity contribution is 7.33. The van der Waals surface area contributed by atoms with E-state index in [0.717, 1.165) is 11.1 Å². The van der Waals surface area contributed by atoms with Gasteiger partial charge in [-0.15, -0.1) is 0 Å². The predicted molar refractivity (Wildman–Crippen MR) is 111 cm³/mol. The molecular weight excluding hydrogens is 419 g/mol. The van der Waals surface area contributed by atoms with Crippen LogP contribution in [-0.4, -0.2) is 12.2 Å². The summed E-state index contributed by atoms with van der Waals surface area (Å²) in [6.45, 7) is 6.41. The minimum atomic E-state index is -4.21. The molecule has 1 unspecified atom stereocenters. The fraction of sp³-hybridized carbons (Fsp3) is 0.273. The second-order valence-corrected chi connectivity index (χ2v) is 7.82. The van der Waals surface area contributed by atoms with Crippen LogP contribution in [0.3, 0.4) is 0 Å². The smallest absolute Gasteiger partial charge is 0.263 e. The van der Waals surface area contributed by atoms with Crippen LogP contribution in [-0.2, 0) is 13.6 Å². The fourth-order valence-electron chi connectivity index (χ4n) is 2.80. The molecule has 0 aliphatic heterocycles. The molecule has 0 heterocycles. The van der Waals surface area contributed by atoms with Crippen molar-refractivity contribution >= 4 is 19.4 Å². The number of hydrogen-bond donors (Lipinski definition) is 0. The number of hydrogen-bond acceptors (Lipinski definition) is 3. The molecule has 2 aromatic rings. The van der Waals surface area contributed by atoms with Gasteiger partial charge in [0.15, 0.2) is 0 Å². The van der Waals surface area contributed by atoms with Gasteiger partial charge in [0.25, 0.3) is 0 Å². The van der Waals surface area contributed by atoms with Crippen molar-refractivity contribution in [1.29, 1.82) is 0 Å². The van der Waals surface area contributed by atoms with Crippen molar-refractivity contribution in [2.24, 2.45) is 0 Å². The van der Waals surface area contributed by atoms with Crippen molar-refractivity contribution in [3.63, 3.8) is 0 Å². The van der Waals surface area contributed by atoms with Crippen LogP contribution >= 0.6 is 8.25 Å². The Kier molecular flexibility index (Phi) is 7.81. The van der Waals surface area contributed by atoms with Crippen LogP contribution in [0.5, 0.6) is 0 Å². The van der Waals surface area contributed by atoms with Gasteiger partial charge in [0.05, 0.1) is 0 Å².